The van der Waals surface area contributed by atoms with Gasteiger partial charge < -0.3 is 15.4 Å². The second kappa shape index (κ2) is 8.78. The Kier molecular flexibility index (Phi) is 5.85. The van der Waals surface area contributed by atoms with E-state index in [1.165, 1.54) is 10.9 Å². The first kappa shape index (κ1) is 21.3. The molecule has 0 saturated heterocycles. The van der Waals surface area contributed by atoms with E-state index in [1.54, 1.807) is 0 Å². The van der Waals surface area contributed by atoms with Crippen LogP contribution >= 0.6 is 0 Å². The van der Waals surface area contributed by atoms with Crippen molar-refractivity contribution in [3.63, 3.8) is 0 Å². The van der Waals surface area contributed by atoms with Crippen LogP contribution in [0.5, 0.6) is 5.88 Å². The van der Waals surface area contributed by atoms with E-state index in [-0.39, 0.29) is 29.9 Å². The lowest BCUT2D eigenvalue weighted by molar-refractivity contribution is 0.177. The van der Waals surface area contributed by atoms with Crippen molar-refractivity contribution < 1.29 is 22.5 Å². The van der Waals surface area contributed by atoms with Gasteiger partial charge in [-0.15, -0.1) is 4.36 Å². The van der Waals surface area contributed by atoms with E-state index in [0.717, 1.165) is 24.0 Å². The molecular weight excluding hydrogens is 440 g/mol. The molecule has 8 nitrogen and oxygen atoms in total. The van der Waals surface area contributed by atoms with Crippen LogP contribution in [0.2, 0.25) is 0 Å². The molecule has 5 rings (SSSR count). The first-order chi connectivity index (χ1) is 15.6. The van der Waals surface area contributed by atoms with E-state index in [2.05, 4.69) is 20.1 Å². The number of hydrogen-bond acceptors (Lipinski definition) is 5. The van der Waals surface area contributed by atoms with Gasteiger partial charge in [0.25, 0.3) is 0 Å². The number of thiol groups is 1. The number of nitrogens with one attached hydrogen (secondary N) is 2. The van der Waals surface area contributed by atoms with Crippen molar-refractivity contribution >= 4 is 22.3 Å². The van der Waals surface area contributed by atoms with Crippen molar-refractivity contribution in [1.29, 1.82) is 0 Å². The van der Waals surface area contributed by atoms with Crippen LogP contribution in [0.15, 0.2) is 15.5 Å². The molecule has 2 heterocycles. The van der Waals surface area contributed by atoms with Crippen LogP contribution in [0.25, 0.3) is 0 Å². The van der Waals surface area contributed by atoms with Gasteiger partial charge in [0.15, 0.2) is 0 Å². The van der Waals surface area contributed by atoms with Gasteiger partial charge in [-0.05, 0) is 60.8 Å². The maximum Gasteiger partial charge on any atom is 0.353 e. The standard InChI is InChI=1S/C21H25F2N5O3S/c22-7-8-24-12-10-28-20(31-11-12)17(9-25-28)32(30)27-21(29)26-19-15-5-1-3-13(15)18(23)14-4-2-6-16(14)19/h9,12,24,32H,1-8,10-11H2,(H,26,29). The Morgan fingerprint density at radius 3 is 2.59 bits per heavy atom. The van der Waals surface area contributed by atoms with E-state index < -0.39 is 23.3 Å². The summed E-state index contributed by atoms with van der Waals surface area (Å²) in [5.41, 5.74) is 3.74. The Labute approximate surface area is 185 Å². The molecular formula is C21H25F2N5O3S. The molecule has 1 aromatic carbocycles. The summed E-state index contributed by atoms with van der Waals surface area (Å²) >= 11 is 0. The van der Waals surface area contributed by atoms with Gasteiger partial charge in [-0.2, -0.15) is 5.10 Å². The molecule has 1 aliphatic heterocycles. The molecule has 1 aromatic heterocycles. The first-order valence-electron chi connectivity index (χ1n) is 10.9. The second-order valence-electron chi connectivity index (χ2n) is 8.28. The van der Waals surface area contributed by atoms with Gasteiger partial charge in [-0.1, -0.05) is 0 Å². The number of hydrogen-bond donors (Lipinski definition) is 3. The summed E-state index contributed by atoms with van der Waals surface area (Å²) in [7, 11) is -2.43. The van der Waals surface area contributed by atoms with Crippen molar-refractivity contribution in [2.75, 3.05) is 25.1 Å². The zero-order valence-electron chi connectivity index (χ0n) is 17.5. The average Bonchev–Trinajstić information content (AvgIpc) is 3.54. The maximum absolute atomic E-state index is 14.8. The highest BCUT2D eigenvalue weighted by Crippen LogP contribution is 2.41. The summed E-state index contributed by atoms with van der Waals surface area (Å²) in [6.07, 6.45) is 5.85. The Hall–Kier alpha value is -2.53. The fourth-order valence-electron chi connectivity index (χ4n) is 4.90. The zero-order chi connectivity index (χ0) is 22.2. The molecule has 0 saturated carbocycles. The number of aromatic nitrogens is 2. The third-order valence-corrected chi connectivity index (χ3v) is 7.39. The minimum Gasteiger partial charge on any atom is -0.475 e. The highest BCUT2D eigenvalue weighted by atomic mass is 32.2. The lowest BCUT2D eigenvalue weighted by Crippen LogP contribution is -2.42. The molecule has 2 aromatic rings. The Morgan fingerprint density at radius 2 is 1.91 bits per heavy atom. The van der Waals surface area contributed by atoms with E-state index >= 15 is 0 Å². The van der Waals surface area contributed by atoms with Crippen molar-refractivity contribution in [3.8, 4) is 5.88 Å². The van der Waals surface area contributed by atoms with Gasteiger partial charge in [0.05, 0.1) is 29.4 Å². The smallest absolute Gasteiger partial charge is 0.353 e. The van der Waals surface area contributed by atoms with Gasteiger partial charge in [-0.3, -0.25) is 0 Å². The van der Waals surface area contributed by atoms with Gasteiger partial charge in [0, 0.05) is 12.2 Å². The molecule has 11 heteroatoms. The van der Waals surface area contributed by atoms with Gasteiger partial charge in [-0.25, -0.2) is 22.5 Å². The lowest BCUT2D eigenvalue weighted by atomic mass is 9.98. The maximum atomic E-state index is 14.8. The summed E-state index contributed by atoms with van der Waals surface area (Å²) in [4.78, 5) is 12.9. The fraction of sp³-hybridized carbons (Fsp3) is 0.524. The third kappa shape index (κ3) is 3.77. The topological polar surface area (TPSA) is 97.6 Å². The van der Waals surface area contributed by atoms with Crippen molar-refractivity contribution in [3.05, 3.63) is 34.3 Å². The number of halogens is 2. The highest BCUT2D eigenvalue weighted by Gasteiger charge is 2.30. The lowest BCUT2D eigenvalue weighted by Gasteiger charge is -2.24. The number of amides is 2. The fourth-order valence-corrected chi connectivity index (χ4v) is 5.72. The summed E-state index contributed by atoms with van der Waals surface area (Å²) in [6.45, 7) is 0.465. The Bertz CT molecular complexity index is 1120. The van der Waals surface area contributed by atoms with Gasteiger partial charge in [0.1, 0.15) is 24.0 Å². The molecule has 2 atom stereocenters. The number of rotatable bonds is 5. The van der Waals surface area contributed by atoms with E-state index in [1.807, 2.05) is 0 Å². The molecule has 2 amide bonds. The van der Waals surface area contributed by atoms with Gasteiger partial charge >= 0.3 is 6.03 Å². The number of alkyl halides is 1. The summed E-state index contributed by atoms with van der Waals surface area (Å²) in [6, 6.07) is -0.828. The molecule has 3 aliphatic rings. The van der Waals surface area contributed by atoms with Crippen molar-refractivity contribution in [2.45, 2.75) is 56.0 Å². The molecule has 2 unspecified atom stereocenters. The number of carbonyl (C=O) groups is 1. The number of carbonyl (C=O) groups excluding carboxylic acids is 1. The molecule has 0 bridgehead atoms. The van der Waals surface area contributed by atoms with E-state index in [9.17, 15) is 17.8 Å². The molecule has 0 spiro atoms. The molecule has 0 fully saturated rings. The quantitative estimate of drug-likeness (QED) is 0.590. The van der Waals surface area contributed by atoms with E-state index in [0.29, 0.717) is 54.9 Å². The highest BCUT2D eigenvalue weighted by molar-refractivity contribution is 7.75. The average molecular weight is 466 g/mol. The van der Waals surface area contributed by atoms with Gasteiger partial charge in [0.2, 0.25) is 5.88 Å². The second-order valence-corrected chi connectivity index (χ2v) is 9.51. The van der Waals surface area contributed by atoms with Crippen LogP contribution in [0.4, 0.5) is 19.3 Å². The zero-order valence-corrected chi connectivity index (χ0v) is 18.4. The monoisotopic (exact) mass is 465 g/mol. The summed E-state index contributed by atoms with van der Waals surface area (Å²) < 4.78 is 51.0. The van der Waals surface area contributed by atoms with Crippen LogP contribution in [0.1, 0.15) is 35.1 Å². The molecule has 172 valence electrons. The number of urea groups is 1. The predicted molar refractivity (Wildman–Crippen MR) is 115 cm³/mol. The van der Waals surface area contributed by atoms with E-state index in [4.69, 9.17) is 4.74 Å². The predicted octanol–water partition coefficient (Wildman–Crippen LogP) is 2.58. The van der Waals surface area contributed by atoms with Crippen LogP contribution in [-0.2, 0) is 42.8 Å². The van der Waals surface area contributed by atoms with Crippen LogP contribution in [0.3, 0.4) is 0 Å². The first-order valence-corrected chi connectivity index (χ1v) is 12.1. The SMILES string of the molecule is O=C(/N=[SH](=O)/c1cnn2c1OCC(NCCF)C2)Nc1c2c(c(F)c3c1CCC3)CCC2. The summed E-state index contributed by atoms with van der Waals surface area (Å²) in [5.74, 6) is 0.193. The number of anilines is 1. The minimum atomic E-state index is -2.43. The van der Waals surface area contributed by atoms with Crippen molar-refractivity contribution in [2.24, 2.45) is 4.36 Å². The van der Waals surface area contributed by atoms with Crippen LogP contribution in [-0.4, -0.2) is 45.9 Å². The molecule has 0 radical (unpaired) electrons. The van der Waals surface area contributed by atoms with Crippen LogP contribution in [0, 0.1) is 5.82 Å². The number of ether oxygens (including phenoxy) is 1. The summed E-state index contributed by atoms with van der Waals surface area (Å²) in [5, 5.41) is 9.98. The largest absolute Gasteiger partial charge is 0.475 e. The Morgan fingerprint density at radius 1 is 1.22 bits per heavy atom. The Balaban J connectivity index is 1.37. The number of benzene rings is 1. The number of fused-ring (bicyclic) bond motifs is 3. The minimum absolute atomic E-state index is 0.105. The normalized spacial score (nSPS) is 19.9. The van der Waals surface area contributed by atoms with Crippen LogP contribution < -0.4 is 15.4 Å². The molecule has 32 heavy (non-hydrogen) atoms. The third-order valence-electron chi connectivity index (χ3n) is 6.30. The molecule has 2 aliphatic carbocycles. The molecule has 2 N–H and O–H groups in total. The number of nitrogens with zero attached hydrogens (tertiary/aromatic N) is 3. The van der Waals surface area contributed by atoms with Crippen molar-refractivity contribution in [1.82, 2.24) is 15.1 Å².